The quantitative estimate of drug-likeness (QED) is 0.755. The smallest absolute Gasteiger partial charge is 0.344 e. The Labute approximate surface area is 138 Å². The number of hydrogen-bond acceptors (Lipinski definition) is 5. The second-order valence-electron chi connectivity index (χ2n) is 4.60. The molecule has 2 rings (SSSR count). The fourth-order valence-corrected chi connectivity index (χ4v) is 1.94. The van der Waals surface area contributed by atoms with Gasteiger partial charge in [-0.05, 0) is 31.5 Å². The summed E-state index contributed by atoms with van der Waals surface area (Å²) in [4.78, 5) is 19.9. The first-order valence-electron chi connectivity index (χ1n) is 7.15. The van der Waals surface area contributed by atoms with E-state index in [2.05, 4.69) is 9.97 Å². The molecule has 0 atom stereocenters. The highest BCUT2D eigenvalue weighted by atomic mass is 35.5. The van der Waals surface area contributed by atoms with Crippen molar-refractivity contribution in [2.24, 2.45) is 0 Å². The van der Waals surface area contributed by atoms with Crippen molar-refractivity contribution in [1.29, 1.82) is 0 Å². The molecule has 0 aliphatic rings. The first-order valence-corrected chi connectivity index (χ1v) is 7.53. The summed E-state index contributed by atoms with van der Waals surface area (Å²) >= 11 is 5.68. The Bertz CT molecular complexity index is 710. The lowest BCUT2D eigenvalue weighted by Crippen LogP contribution is -2.15. The van der Waals surface area contributed by atoms with Gasteiger partial charge in [0.2, 0.25) is 5.88 Å². The molecule has 0 aliphatic heterocycles. The van der Waals surface area contributed by atoms with Crippen LogP contribution in [0.3, 0.4) is 0 Å². The van der Waals surface area contributed by atoms with Gasteiger partial charge in [-0.25, -0.2) is 14.2 Å². The molecule has 0 saturated carbocycles. The van der Waals surface area contributed by atoms with E-state index in [9.17, 15) is 9.18 Å². The Hall–Kier alpha value is -2.21. The lowest BCUT2D eigenvalue weighted by Gasteiger charge is -2.09. The summed E-state index contributed by atoms with van der Waals surface area (Å²) in [6, 6.07) is 5.95. The van der Waals surface area contributed by atoms with Crippen LogP contribution in [0.2, 0.25) is 5.02 Å². The van der Waals surface area contributed by atoms with Crippen LogP contribution in [-0.2, 0) is 16.0 Å². The molecule has 0 fully saturated rings. The maximum Gasteiger partial charge on any atom is 0.344 e. The molecule has 2 aromatic rings. The highest BCUT2D eigenvalue weighted by molar-refractivity contribution is 6.30. The summed E-state index contributed by atoms with van der Waals surface area (Å²) in [5.41, 5.74) is 1.19. The van der Waals surface area contributed by atoms with E-state index in [1.165, 1.54) is 12.1 Å². The third-order valence-electron chi connectivity index (χ3n) is 2.94. The maximum atomic E-state index is 13.6. The van der Waals surface area contributed by atoms with Gasteiger partial charge in [-0.2, -0.15) is 4.98 Å². The second-order valence-corrected chi connectivity index (χ2v) is 5.00. The minimum Gasteiger partial charge on any atom is -0.466 e. The molecular weight excluding hydrogens is 323 g/mol. The van der Waals surface area contributed by atoms with Crippen molar-refractivity contribution >= 4 is 17.6 Å². The van der Waals surface area contributed by atoms with Crippen molar-refractivity contribution in [3.8, 4) is 17.3 Å². The summed E-state index contributed by atoms with van der Waals surface area (Å²) in [7, 11) is 0. The van der Waals surface area contributed by atoms with E-state index in [0.717, 1.165) is 0 Å². The van der Waals surface area contributed by atoms with Crippen LogP contribution in [0.15, 0.2) is 24.3 Å². The van der Waals surface area contributed by atoms with Gasteiger partial charge in [0.15, 0.2) is 12.4 Å². The fraction of sp³-hybridized carbons (Fsp3) is 0.312. The van der Waals surface area contributed by atoms with Crippen LogP contribution in [-0.4, -0.2) is 29.2 Å². The third kappa shape index (κ3) is 4.63. The van der Waals surface area contributed by atoms with E-state index >= 15 is 0 Å². The van der Waals surface area contributed by atoms with Crippen LogP contribution in [0, 0.1) is 5.82 Å². The van der Waals surface area contributed by atoms with Gasteiger partial charge in [-0.1, -0.05) is 18.5 Å². The van der Waals surface area contributed by atoms with Crippen molar-refractivity contribution in [2.75, 3.05) is 13.2 Å². The van der Waals surface area contributed by atoms with Crippen LogP contribution in [0.1, 0.15) is 19.5 Å². The molecule has 0 N–H and O–H groups in total. The minimum absolute atomic E-state index is 0.0270. The highest BCUT2D eigenvalue weighted by Crippen LogP contribution is 2.24. The largest absolute Gasteiger partial charge is 0.466 e. The van der Waals surface area contributed by atoms with Crippen LogP contribution in [0.25, 0.3) is 11.4 Å². The molecule has 0 unspecified atom stereocenters. The zero-order valence-electron chi connectivity index (χ0n) is 12.8. The SMILES string of the molecule is CCOC(=O)COc1cc(CC)nc(-c2ccc(Cl)c(F)c2)n1. The summed E-state index contributed by atoms with van der Waals surface area (Å²) in [5.74, 6) is -0.499. The number of hydrogen-bond donors (Lipinski definition) is 0. The summed E-state index contributed by atoms with van der Waals surface area (Å²) < 4.78 is 23.7. The number of carbonyl (C=O) groups excluding carboxylic acids is 1. The molecule has 0 radical (unpaired) electrons. The number of benzene rings is 1. The van der Waals surface area contributed by atoms with E-state index in [0.29, 0.717) is 23.5 Å². The molecule has 0 spiro atoms. The van der Waals surface area contributed by atoms with Gasteiger partial charge in [0.05, 0.1) is 11.6 Å². The lowest BCUT2D eigenvalue weighted by atomic mass is 10.2. The predicted octanol–water partition coefficient (Wildman–Crippen LogP) is 3.44. The number of aryl methyl sites for hydroxylation is 1. The predicted molar refractivity (Wildman–Crippen MR) is 83.9 cm³/mol. The van der Waals surface area contributed by atoms with Crippen LogP contribution >= 0.6 is 11.6 Å². The molecule has 23 heavy (non-hydrogen) atoms. The first kappa shape index (κ1) is 17.1. The maximum absolute atomic E-state index is 13.6. The number of ether oxygens (including phenoxy) is 2. The van der Waals surface area contributed by atoms with E-state index < -0.39 is 11.8 Å². The number of rotatable bonds is 6. The van der Waals surface area contributed by atoms with E-state index in [1.807, 2.05) is 6.92 Å². The van der Waals surface area contributed by atoms with Gasteiger partial charge < -0.3 is 9.47 Å². The van der Waals surface area contributed by atoms with E-state index in [-0.39, 0.29) is 24.1 Å². The van der Waals surface area contributed by atoms with Gasteiger partial charge in [0.25, 0.3) is 0 Å². The van der Waals surface area contributed by atoms with Crippen LogP contribution < -0.4 is 4.74 Å². The molecule has 122 valence electrons. The number of aromatic nitrogens is 2. The Morgan fingerprint density at radius 1 is 1.26 bits per heavy atom. The Morgan fingerprint density at radius 3 is 2.70 bits per heavy atom. The number of esters is 1. The molecule has 0 saturated heterocycles. The first-order chi connectivity index (χ1) is 11.0. The molecule has 1 heterocycles. The minimum atomic E-state index is -0.552. The molecule has 1 aromatic heterocycles. The Kier molecular flexibility index (Phi) is 5.87. The van der Waals surface area contributed by atoms with Crippen molar-refractivity contribution in [3.05, 3.63) is 40.8 Å². The summed E-state index contributed by atoms with van der Waals surface area (Å²) in [5, 5.41) is 0.0270. The Morgan fingerprint density at radius 2 is 2.04 bits per heavy atom. The highest BCUT2D eigenvalue weighted by Gasteiger charge is 2.11. The third-order valence-corrected chi connectivity index (χ3v) is 3.25. The van der Waals surface area contributed by atoms with Crippen molar-refractivity contribution in [1.82, 2.24) is 9.97 Å². The zero-order chi connectivity index (χ0) is 16.8. The van der Waals surface area contributed by atoms with Crippen LogP contribution in [0.4, 0.5) is 4.39 Å². The summed E-state index contributed by atoms with van der Waals surface area (Å²) in [6.07, 6.45) is 0.640. The normalized spacial score (nSPS) is 10.4. The number of halogens is 2. The molecule has 5 nitrogen and oxygen atoms in total. The van der Waals surface area contributed by atoms with E-state index in [1.54, 1.807) is 19.1 Å². The van der Waals surface area contributed by atoms with Gasteiger partial charge in [-0.15, -0.1) is 0 Å². The van der Waals surface area contributed by atoms with Gasteiger partial charge in [-0.3, -0.25) is 0 Å². The Balaban J connectivity index is 2.27. The lowest BCUT2D eigenvalue weighted by molar-refractivity contribution is -0.145. The fourth-order valence-electron chi connectivity index (χ4n) is 1.83. The van der Waals surface area contributed by atoms with Crippen molar-refractivity contribution < 1.29 is 18.7 Å². The molecule has 0 amide bonds. The standard InChI is InChI=1S/C16H16ClFN2O3/c1-3-11-8-14(23-9-15(21)22-4-2)20-16(19-11)10-5-6-12(17)13(18)7-10/h5-8H,3-4,9H2,1-2H3. The average Bonchev–Trinajstić information content (AvgIpc) is 2.55. The average molecular weight is 339 g/mol. The van der Waals surface area contributed by atoms with Crippen LogP contribution in [0.5, 0.6) is 5.88 Å². The second kappa shape index (κ2) is 7.87. The molecule has 0 aliphatic carbocycles. The monoisotopic (exact) mass is 338 g/mol. The van der Waals surface area contributed by atoms with E-state index in [4.69, 9.17) is 21.1 Å². The number of carbonyl (C=O) groups is 1. The molecule has 7 heteroatoms. The molecule has 1 aromatic carbocycles. The topological polar surface area (TPSA) is 61.3 Å². The summed E-state index contributed by atoms with van der Waals surface area (Å²) in [6.45, 7) is 3.67. The molecule has 0 bridgehead atoms. The van der Waals surface area contributed by atoms with Gasteiger partial charge in [0.1, 0.15) is 5.82 Å². The number of nitrogens with zero attached hydrogens (tertiary/aromatic N) is 2. The van der Waals surface area contributed by atoms with Crippen molar-refractivity contribution in [3.63, 3.8) is 0 Å². The zero-order valence-corrected chi connectivity index (χ0v) is 13.6. The molecular formula is C16H16ClFN2O3. The van der Waals surface area contributed by atoms with Gasteiger partial charge in [0, 0.05) is 17.3 Å². The van der Waals surface area contributed by atoms with Gasteiger partial charge >= 0.3 is 5.97 Å². The van der Waals surface area contributed by atoms with Crippen molar-refractivity contribution in [2.45, 2.75) is 20.3 Å².